The Morgan fingerprint density at radius 1 is 0.972 bits per heavy atom. The van der Waals surface area contributed by atoms with Crippen LogP contribution in [-0.4, -0.2) is 60.5 Å². The van der Waals surface area contributed by atoms with E-state index in [2.05, 4.69) is 15.9 Å². The molecule has 1 saturated heterocycles. The SMILES string of the molecule is CCCn1c(=O)n(CCN2CCN(c3ccccc3OC)CC2)c(=O)c2cc3c(cc21)CCCOO3. The lowest BCUT2D eigenvalue weighted by Gasteiger charge is -2.36. The summed E-state index contributed by atoms with van der Waals surface area (Å²) in [5.41, 5.74) is 2.23. The van der Waals surface area contributed by atoms with Gasteiger partial charge in [-0.3, -0.25) is 18.8 Å². The first-order valence-electron chi connectivity index (χ1n) is 12.8. The standard InChI is InChI=1S/C27H34N4O5/c1-3-10-30-23-18-20-7-6-17-35-36-25(20)19-21(23)26(32)31(27(30)33)16-13-28-11-14-29(15-12-28)22-8-4-5-9-24(22)34-2/h4-5,8-9,18-19H,3,6-7,10-17H2,1-2H3. The van der Waals surface area contributed by atoms with Crippen molar-refractivity contribution in [3.8, 4) is 11.5 Å². The van der Waals surface area contributed by atoms with Gasteiger partial charge in [-0.25, -0.2) is 4.79 Å². The van der Waals surface area contributed by atoms with Gasteiger partial charge in [-0.2, -0.15) is 4.89 Å². The van der Waals surface area contributed by atoms with Crippen molar-refractivity contribution < 1.29 is 14.5 Å². The number of anilines is 1. The van der Waals surface area contributed by atoms with Gasteiger partial charge in [-0.15, -0.1) is 0 Å². The van der Waals surface area contributed by atoms with Crippen molar-refractivity contribution in [2.75, 3.05) is 51.3 Å². The molecule has 0 amide bonds. The summed E-state index contributed by atoms with van der Waals surface area (Å²) in [5, 5.41) is 0.494. The third-order valence-corrected chi connectivity index (χ3v) is 7.11. The first-order valence-corrected chi connectivity index (χ1v) is 12.8. The number of piperazine rings is 1. The van der Waals surface area contributed by atoms with Crippen LogP contribution in [0.2, 0.25) is 0 Å². The zero-order chi connectivity index (χ0) is 25.1. The average molecular weight is 495 g/mol. The number of fused-ring (bicyclic) bond motifs is 2. The second-order valence-electron chi connectivity index (χ2n) is 9.38. The molecule has 9 heteroatoms. The van der Waals surface area contributed by atoms with Gasteiger partial charge < -0.3 is 14.5 Å². The molecule has 0 N–H and O–H groups in total. The summed E-state index contributed by atoms with van der Waals surface area (Å²) in [6, 6.07) is 11.7. The molecule has 9 nitrogen and oxygen atoms in total. The van der Waals surface area contributed by atoms with Crippen LogP contribution in [0, 0.1) is 0 Å². The monoisotopic (exact) mass is 494 g/mol. The number of aromatic nitrogens is 2. The normalized spacial score (nSPS) is 16.4. The lowest BCUT2D eigenvalue weighted by atomic mass is 10.1. The molecule has 0 radical (unpaired) electrons. The van der Waals surface area contributed by atoms with Gasteiger partial charge >= 0.3 is 5.69 Å². The molecule has 0 atom stereocenters. The molecule has 2 aliphatic rings. The van der Waals surface area contributed by atoms with Gasteiger partial charge in [-0.05, 0) is 43.5 Å². The Bertz CT molecular complexity index is 1340. The van der Waals surface area contributed by atoms with Crippen molar-refractivity contribution in [2.45, 2.75) is 39.3 Å². The van der Waals surface area contributed by atoms with E-state index in [1.165, 1.54) is 4.57 Å². The number of nitrogens with zero attached hydrogens (tertiary/aromatic N) is 4. The minimum Gasteiger partial charge on any atom is -0.495 e. The maximum atomic E-state index is 13.5. The van der Waals surface area contributed by atoms with Crippen molar-refractivity contribution in [1.29, 1.82) is 0 Å². The average Bonchev–Trinajstić information content (AvgIpc) is 3.15. The number of hydrogen-bond acceptors (Lipinski definition) is 7. The predicted molar refractivity (Wildman–Crippen MR) is 139 cm³/mol. The Balaban J connectivity index is 1.37. The Morgan fingerprint density at radius 3 is 2.56 bits per heavy atom. The van der Waals surface area contributed by atoms with Gasteiger partial charge in [0.2, 0.25) is 0 Å². The molecule has 2 aromatic carbocycles. The first-order chi connectivity index (χ1) is 17.6. The summed E-state index contributed by atoms with van der Waals surface area (Å²) in [5.74, 6) is 1.44. The molecule has 0 unspecified atom stereocenters. The number of aryl methyl sites for hydroxylation is 2. The quantitative estimate of drug-likeness (QED) is 0.468. The minimum absolute atomic E-state index is 0.243. The fraction of sp³-hybridized carbons (Fsp3) is 0.481. The van der Waals surface area contributed by atoms with Crippen molar-refractivity contribution >= 4 is 16.6 Å². The van der Waals surface area contributed by atoms with Gasteiger partial charge in [0.1, 0.15) is 5.75 Å². The molecule has 3 aromatic rings. The fourth-order valence-electron chi connectivity index (χ4n) is 5.17. The molecule has 1 aromatic heterocycles. The van der Waals surface area contributed by atoms with E-state index in [9.17, 15) is 9.59 Å². The smallest absolute Gasteiger partial charge is 0.331 e. The third-order valence-electron chi connectivity index (χ3n) is 7.11. The number of rotatable bonds is 7. The van der Waals surface area contributed by atoms with E-state index in [0.29, 0.717) is 42.9 Å². The van der Waals surface area contributed by atoms with Gasteiger partial charge in [0.05, 0.1) is 30.3 Å². The van der Waals surface area contributed by atoms with Crippen LogP contribution in [0.15, 0.2) is 46.0 Å². The molecular weight excluding hydrogens is 460 g/mol. The molecule has 192 valence electrons. The van der Waals surface area contributed by atoms with Crippen LogP contribution in [0.25, 0.3) is 10.9 Å². The summed E-state index contributed by atoms with van der Waals surface area (Å²) >= 11 is 0. The van der Waals surface area contributed by atoms with Crippen LogP contribution in [0.5, 0.6) is 11.5 Å². The highest BCUT2D eigenvalue weighted by Crippen LogP contribution is 2.29. The van der Waals surface area contributed by atoms with E-state index < -0.39 is 0 Å². The van der Waals surface area contributed by atoms with Crippen LogP contribution in [-0.2, 0) is 24.4 Å². The first kappa shape index (κ1) is 24.4. The molecule has 36 heavy (non-hydrogen) atoms. The summed E-state index contributed by atoms with van der Waals surface area (Å²) in [7, 11) is 1.69. The zero-order valence-corrected chi connectivity index (χ0v) is 21.1. The Labute approximate surface area is 210 Å². The topological polar surface area (TPSA) is 78.2 Å². The summed E-state index contributed by atoms with van der Waals surface area (Å²) in [4.78, 5) is 42.2. The highest BCUT2D eigenvalue weighted by Gasteiger charge is 2.22. The third kappa shape index (κ3) is 4.73. The largest absolute Gasteiger partial charge is 0.495 e. The highest BCUT2D eigenvalue weighted by molar-refractivity contribution is 5.81. The second kappa shape index (κ2) is 10.8. The lowest BCUT2D eigenvalue weighted by molar-refractivity contribution is -0.203. The molecule has 3 heterocycles. The zero-order valence-electron chi connectivity index (χ0n) is 21.1. The Kier molecular flexibility index (Phi) is 7.29. The number of para-hydroxylation sites is 2. The summed E-state index contributed by atoms with van der Waals surface area (Å²) in [6.45, 7) is 7.50. The predicted octanol–water partition coefficient (Wildman–Crippen LogP) is 2.66. The van der Waals surface area contributed by atoms with Gasteiger partial charge in [0.25, 0.3) is 5.56 Å². The molecule has 0 aliphatic carbocycles. The van der Waals surface area contributed by atoms with Crippen molar-refractivity contribution in [1.82, 2.24) is 14.0 Å². The van der Waals surface area contributed by atoms with E-state index in [0.717, 1.165) is 62.4 Å². The van der Waals surface area contributed by atoms with Gasteiger partial charge in [0.15, 0.2) is 5.75 Å². The van der Waals surface area contributed by atoms with Crippen molar-refractivity contribution in [2.24, 2.45) is 0 Å². The second-order valence-corrected chi connectivity index (χ2v) is 9.38. The number of hydrogen-bond donors (Lipinski definition) is 0. The van der Waals surface area contributed by atoms with Crippen LogP contribution < -0.4 is 25.8 Å². The molecule has 0 saturated carbocycles. The van der Waals surface area contributed by atoms with E-state index in [1.807, 2.05) is 31.2 Å². The van der Waals surface area contributed by atoms with E-state index in [-0.39, 0.29) is 11.2 Å². The maximum absolute atomic E-state index is 13.5. The minimum atomic E-state index is -0.273. The lowest BCUT2D eigenvalue weighted by Crippen LogP contribution is -2.49. The number of methoxy groups -OCH3 is 1. The summed E-state index contributed by atoms with van der Waals surface area (Å²) < 4.78 is 8.64. The Morgan fingerprint density at radius 2 is 1.78 bits per heavy atom. The molecule has 5 rings (SSSR count). The molecule has 1 fully saturated rings. The van der Waals surface area contributed by atoms with Crippen molar-refractivity contribution in [3.05, 3.63) is 62.8 Å². The summed E-state index contributed by atoms with van der Waals surface area (Å²) in [6.07, 6.45) is 2.42. The molecule has 0 spiro atoms. The van der Waals surface area contributed by atoms with Crippen LogP contribution >= 0.6 is 0 Å². The highest BCUT2D eigenvalue weighted by atomic mass is 17.2. The molecule has 2 aliphatic heterocycles. The van der Waals surface area contributed by atoms with Crippen LogP contribution in [0.3, 0.4) is 0 Å². The number of benzene rings is 2. The van der Waals surface area contributed by atoms with Crippen LogP contribution in [0.4, 0.5) is 5.69 Å². The van der Waals surface area contributed by atoms with Crippen LogP contribution in [0.1, 0.15) is 25.3 Å². The molecular formula is C27H34N4O5. The van der Waals surface area contributed by atoms with Gasteiger partial charge in [0, 0.05) is 51.4 Å². The molecule has 0 bridgehead atoms. The van der Waals surface area contributed by atoms with E-state index >= 15 is 0 Å². The fourth-order valence-corrected chi connectivity index (χ4v) is 5.17. The van der Waals surface area contributed by atoms with Crippen molar-refractivity contribution in [3.63, 3.8) is 0 Å². The number of ether oxygens (including phenoxy) is 1. The Hall–Kier alpha value is -3.30. The van der Waals surface area contributed by atoms with E-state index in [4.69, 9.17) is 14.5 Å². The maximum Gasteiger partial charge on any atom is 0.331 e. The van der Waals surface area contributed by atoms with E-state index in [1.54, 1.807) is 17.7 Å². The van der Waals surface area contributed by atoms with Gasteiger partial charge in [-0.1, -0.05) is 19.1 Å².